The molecular weight excluding hydrogens is 296 g/mol. The molecule has 21 heavy (non-hydrogen) atoms. The van der Waals surface area contributed by atoms with Gasteiger partial charge in [0.2, 0.25) is 15.9 Å². The molecule has 1 rings (SSSR count). The van der Waals surface area contributed by atoms with E-state index in [1.807, 2.05) is 6.92 Å². The number of aromatic nitrogens is 1. The van der Waals surface area contributed by atoms with Crippen LogP contribution in [0, 0.1) is 0 Å². The van der Waals surface area contributed by atoms with E-state index in [1.54, 1.807) is 0 Å². The van der Waals surface area contributed by atoms with Gasteiger partial charge < -0.3 is 15.6 Å². The summed E-state index contributed by atoms with van der Waals surface area (Å²) in [6, 6.07) is 0.250. The lowest BCUT2D eigenvalue weighted by Crippen LogP contribution is -2.44. The topological polar surface area (TPSA) is 123 Å². The molecule has 0 fully saturated rings. The number of nitrogens with zero attached hydrogens (tertiary/aromatic N) is 1. The van der Waals surface area contributed by atoms with Crippen LogP contribution in [0.4, 0.5) is 0 Å². The minimum Gasteiger partial charge on any atom is -0.364 e. The minimum atomic E-state index is -3.90. The zero-order valence-corrected chi connectivity index (χ0v) is 13.0. The van der Waals surface area contributed by atoms with Crippen LogP contribution in [0.3, 0.4) is 0 Å². The van der Waals surface area contributed by atoms with E-state index in [4.69, 9.17) is 5.73 Å². The molecule has 8 nitrogen and oxygen atoms in total. The molecule has 0 aliphatic carbocycles. The molecule has 0 unspecified atom stereocenters. The van der Waals surface area contributed by atoms with Crippen molar-refractivity contribution in [3.05, 3.63) is 18.0 Å². The fraction of sp³-hybridized carbons (Fsp3) is 0.500. The number of nitrogens with one attached hydrogen (secondary N) is 2. The summed E-state index contributed by atoms with van der Waals surface area (Å²) in [4.78, 5) is 22.7. The van der Waals surface area contributed by atoms with Gasteiger partial charge in [-0.2, -0.15) is 4.72 Å². The third kappa shape index (κ3) is 4.30. The summed E-state index contributed by atoms with van der Waals surface area (Å²) in [5.41, 5.74) is 5.20. The number of primary amides is 1. The number of carbonyl (C=O) groups is 2. The van der Waals surface area contributed by atoms with Crippen molar-refractivity contribution in [1.82, 2.24) is 14.6 Å². The van der Waals surface area contributed by atoms with Crippen molar-refractivity contribution in [3.63, 3.8) is 0 Å². The second kappa shape index (κ2) is 6.72. The fourth-order valence-corrected chi connectivity index (χ4v) is 2.95. The van der Waals surface area contributed by atoms with Gasteiger partial charge in [0.05, 0.1) is 6.04 Å². The van der Waals surface area contributed by atoms with Crippen LogP contribution < -0.4 is 15.8 Å². The van der Waals surface area contributed by atoms with Crippen LogP contribution >= 0.6 is 0 Å². The molecule has 0 saturated carbocycles. The van der Waals surface area contributed by atoms with E-state index in [0.717, 1.165) is 6.42 Å². The maximum absolute atomic E-state index is 12.2. The summed E-state index contributed by atoms with van der Waals surface area (Å²) >= 11 is 0. The predicted molar refractivity (Wildman–Crippen MR) is 77.0 cm³/mol. The van der Waals surface area contributed by atoms with E-state index in [-0.39, 0.29) is 10.6 Å². The summed E-state index contributed by atoms with van der Waals surface area (Å²) in [6.45, 7) is 3.81. The third-order valence-electron chi connectivity index (χ3n) is 2.82. The Labute approximate surface area is 123 Å². The van der Waals surface area contributed by atoms with E-state index in [2.05, 4.69) is 10.0 Å². The highest BCUT2D eigenvalue weighted by Gasteiger charge is 2.24. The van der Waals surface area contributed by atoms with Gasteiger partial charge >= 0.3 is 0 Å². The van der Waals surface area contributed by atoms with Crippen LogP contribution in [-0.4, -0.2) is 37.4 Å². The number of carbonyl (C=O) groups excluding carboxylic acids is 2. The van der Waals surface area contributed by atoms with Gasteiger partial charge in [-0.25, -0.2) is 8.42 Å². The Balaban J connectivity index is 2.89. The standard InChI is InChI=1S/C12H20N4O4S/c1-4-5-14-12(18)8(2)15-21(19,20)9-6-10(11(13)17)16(3)7-9/h6-8,15H,4-5H2,1-3H3,(H2,13,17)(H,14,18)/t8-/m1/s1. The van der Waals surface area contributed by atoms with Gasteiger partial charge in [0.1, 0.15) is 10.6 Å². The molecule has 0 bridgehead atoms. The Morgan fingerprint density at radius 2 is 2.05 bits per heavy atom. The van der Waals surface area contributed by atoms with Gasteiger partial charge in [-0.05, 0) is 19.4 Å². The highest BCUT2D eigenvalue weighted by molar-refractivity contribution is 7.89. The number of aryl methyl sites for hydroxylation is 1. The van der Waals surface area contributed by atoms with Crippen molar-refractivity contribution in [2.75, 3.05) is 6.54 Å². The van der Waals surface area contributed by atoms with Crippen LogP contribution in [-0.2, 0) is 21.9 Å². The van der Waals surface area contributed by atoms with Crippen molar-refractivity contribution >= 4 is 21.8 Å². The van der Waals surface area contributed by atoms with E-state index in [1.165, 1.54) is 30.8 Å². The molecule has 0 aliphatic rings. The third-order valence-corrected chi connectivity index (χ3v) is 4.32. The Hall–Kier alpha value is -1.87. The van der Waals surface area contributed by atoms with Gasteiger partial charge in [-0.15, -0.1) is 0 Å². The molecule has 0 aliphatic heterocycles. The van der Waals surface area contributed by atoms with E-state index in [9.17, 15) is 18.0 Å². The molecule has 1 atom stereocenters. The maximum atomic E-state index is 12.2. The first-order chi connectivity index (χ1) is 9.69. The van der Waals surface area contributed by atoms with Crippen LogP contribution in [0.25, 0.3) is 0 Å². The summed E-state index contributed by atoms with van der Waals surface area (Å²) in [6.07, 6.45) is 2.02. The fourth-order valence-electron chi connectivity index (χ4n) is 1.68. The van der Waals surface area contributed by atoms with Gasteiger partial charge in [0, 0.05) is 19.8 Å². The zero-order valence-electron chi connectivity index (χ0n) is 12.2. The van der Waals surface area contributed by atoms with Gasteiger partial charge in [0.15, 0.2) is 0 Å². The molecule has 0 spiro atoms. The Morgan fingerprint density at radius 3 is 2.52 bits per heavy atom. The normalized spacial score (nSPS) is 12.9. The molecule has 1 aromatic rings. The van der Waals surface area contributed by atoms with E-state index in [0.29, 0.717) is 6.54 Å². The zero-order chi connectivity index (χ0) is 16.2. The minimum absolute atomic E-state index is 0.0680. The second-order valence-electron chi connectivity index (χ2n) is 4.67. The molecule has 118 valence electrons. The van der Waals surface area contributed by atoms with Crippen molar-refractivity contribution in [2.45, 2.75) is 31.2 Å². The van der Waals surface area contributed by atoms with Crippen LogP contribution in [0.2, 0.25) is 0 Å². The molecule has 2 amide bonds. The molecule has 1 aromatic heterocycles. The summed E-state index contributed by atoms with van der Waals surface area (Å²) in [7, 11) is -2.39. The summed E-state index contributed by atoms with van der Waals surface area (Å²) in [5, 5.41) is 2.60. The van der Waals surface area contributed by atoms with E-state index < -0.39 is 27.9 Å². The monoisotopic (exact) mass is 316 g/mol. The largest absolute Gasteiger partial charge is 0.364 e. The smallest absolute Gasteiger partial charge is 0.265 e. The molecule has 9 heteroatoms. The molecular formula is C12H20N4O4S. The number of rotatable bonds is 7. The van der Waals surface area contributed by atoms with Crippen molar-refractivity contribution in [2.24, 2.45) is 12.8 Å². The van der Waals surface area contributed by atoms with Gasteiger partial charge in [-0.1, -0.05) is 6.92 Å². The van der Waals surface area contributed by atoms with Gasteiger partial charge in [0.25, 0.3) is 5.91 Å². The van der Waals surface area contributed by atoms with E-state index >= 15 is 0 Å². The molecule has 0 aromatic carbocycles. The van der Waals surface area contributed by atoms with Gasteiger partial charge in [-0.3, -0.25) is 9.59 Å². The lowest BCUT2D eigenvalue weighted by atomic mass is 10.3. The summed E-state index contributed by atoms with van der Waals surface area (Å²) in [5.74, 6) is -1.14. The number of sulfonamides is 1. The van der Waals surface area contributed by atoms with Crippen molar-refractivity contribution in [3.8, 4) is 0 Å². The molecule has 1 heterocycles. The highest BCUT2D eigenvalue weighted by Crippen LogP contribution is 2.13. The second-order valence-corrected chi connectivity index (χ2v) is 6.38. The number of hydrogen-bond donors (Lipinski definition) is 3. The molecule has 0 saturated heterocycles. The van der Waals surface area contributed by atoms with Crippen molar-refractivity contribution in [1.29, 1.82) is 0 Å². The van der Waals surface area contributed by atoms with Crippen LogP contribution in [0.15, 0.2) is 17.2 Å². The average molecular weight is 316 g/mol. The quantitative estimate of drug-likeness (QED) is 0.616. The first-order valence-electron chi connectivity index (χ1n) is 6.45. The maximum Gasteiger partial charge on any atom is 0.265 e. The van der Waals surface area contributed by atoms with Crippen LogP contribution in [0.1, 0.15) is 30.8 Å². The number of amides is 2. The Kier molecular flexibility index (Phi) is 5.50. The molecule has 4 N–H and O–H groups in total. The lowest BCUT2D eigenvalue weighted by molar-refractivity contribution is -0.122. The average Bonchev–Trinajstić information content (AvgIpc) is 2.78. The van der Waals surface area contributed by atoms with Crippen molar-refractivity contribution < 1.29 is 18.0 Å². The Morgan fingerprint density at radius 1 is 1.43 bits per heavy atom. The lowest BCUT2D eigenvalue weighted by Gasteiger charge is -2.13. The predicted octanol–water partition coefficient (Wildman–Crippen LogP) is -0.683. The Bertz CT molecular complexity index is 636. The highest BCUT2D eigenvalue weighted by atomic mass is 32.2. The first kappa shape index (κ1) is 17.2. The number of nitrogens with two attached hydrogens (primary N) is 1. The summed E-state index contributed by atoms with van der Waals surface area (Å²) < 4.78 is 27.9. The number of hydrogen-bond acceptors (Lipinski definition) is 4. The SMILES string of the molecule is CCCNC(=O)[C@@H](C)NS(=O)(=O)c1cc(C(N)=O)n(C)c1. The first-order valence-corrected chi connectivity index (χ1v) is 7.93. The van der Waals surface area contributed by atoms with Crippen LogP contribution in [0.5, 0.6) is 0 Å². The molecule has 0 radical (unpaired) electrons.